The first-order valence-corrected chi connectivity index (χ1v) is 7.54. The summed E-state index contributed by atoms with van der Waals surface area (Å²) in [6.45, 7) is 9.37. The van der Waals surface area contributed by atoms with Crippen LogP contribution in [0.3, 0.4) is 0 Å². The van der Waals surface area contributed by atoms with Crippen LogP contribution in [0, 0.1) is 11.8 Å². The molecule has 0 spiro atoms. The van der Waals surface area contributed by atoms with E-state index in [1.54, 1.807) is 4.31 Å². The van der Waals surface area contributed by atoms with Gasteiger partial charge in [0, 0.05) is 19.1 Å². The smallest absolute Gasteiger partial charge is 0.199 e. The molecule has 0 saturated carbocycles. The predicted octanol–water partition coefficient (Wildman–Crippen LogP) is 1.60. The quantitative estimate of drug-likeness (QED) is 0.821. The molecule has 2 unspecified atom stereocenters. The molecule has 96 valence electrons. The third kappa shape index (κ3) is 3.71. The molecule has 0 aromatic rings. The first kappa shape index (κ1) is 13.9. The zero-order valence-corrected chi connectivity index (χ0v) is 11.5. The van der Waals surface area contributed by atoms with E-state index in [1.807, 2.05) is 20.8 Å². The summed E-state index contributed by atoms with van der Waals surface area (Å²) in [6.07, 6.45) is 2.10. The van der Waals surface area contributed by atoms with Crippen LogP contribution in [0.15, 0.2) is 0 Å². The maximum atomic E-state index is 12.1. The summed E-state index contributed by atoms with van der Waals surface area (Å²) in [6, 6.07) is -0.0118. The Labute approximate surface area is 99.6 Å². The predicted molar refractivity (Wildman–Crippen MR) is 66.3 cm³/mol. The van der Waals surface area contributed by atoms with E-state index in [1.165, 1.54) is 0 Å². The maximum absolute atomic E-state index is 12.1. The molecule has 0 aromatic heterocycles. The van der Waals surface area contributed by atoms with Crippen LogP contribution in [-0.2, 0) is 10.2 Å². The minimum Gasteiger partial charge on any atom is -0.199 e. The molecule has 1 aliphatic heterocycles. The third-order valence-electron chi connectivity index (χ3n) is 3.29. The van der Waals surface area contributed by atoms with E-state index in [2.05, 4.69) is 11.6 Å². The number of rotatable bonds is 4. The molecule has 0 radical (unpaired) electrons. The van der Waals surface area contributed by atoms with Crippen molar-refractivity contribution in [2.24, 2.45) is 11.8 Å². The molecular formula is C11H24N2O2S. The number of piperidine rings is 1. The summed E-state index contributed by atoms with van der Waals surface area (Å²) >= 11 is 0. The number of nitrogens with zero attached hydrogens (tertiary/aromatic N) is 1. The van der Waals surface area contributed by atoms with E-state index in [0.717, 1.165) is 12.8 Å². The van der Waals surface area contributed by atoms with E-state index in [-0.39, 0.29) is 6.04 Å². The Morgan fingerprint density at radius 1 is 1.31 bits per heavy atom. The third-order valence-corrected chi connectivity index (χ3v) is 4.98. The minimum atomic E-state index is -3.28. The maximum Gasteiger partial charge on any atom is 0.279 e. The van der Waals surface area contributed by atoms with Crippen molar-refractivity contribution in [3.05, 3.63) is 0 Å². The zero-order chi connectivity index (χ0) is 12.3. The van der Waals surface area contributed by atoms with Gasteiger partial charge in [0.15, 0.2) is 0 Å². The first-order chi connectivity index (χ1) is 7.33. The van der Waals surface area contributed by atoms with Crippen LogP contribution in [0.1, 0.15) is 40.5 Å². The average Bonchev–Trinajstić information content (AvgIpc) is 2.17. The second kappa shape index (κ2) is 5.47. The van der Waals surface area contributed by atoms with Crippen LogP contribution in [0.4, 0.5) is 0 Å². The van der Waals surface area contributed by atoms with Gasteiger partial charge in [0.25, 0.3) is 10.2 Å². The van der Waals surface area contributed by atoms with Crippen LogP contribution in [0.5, 0.6) is 0 Å². The molecule has 5 heteroatoms. The van der Waals surface area contributed by atoms with Crippen molar-refractivity contribution in [3.63, 3.8) is 0 Å². The van der Waals surface area contributed by atoms with Gasteiger partial charge >= 0.3 is 0 Å². The molecule has 1 aliphatic rings. The molecule has 0 bridgehead atoms. The van der Waals surface area contributed by atoms with Crippen LogP contribution in [0.2, 0.25) is 0 Å². The van der Waals surface area contributed by atoms with Gasteiger partial charge in [0.1, 0.15) is 0 Å². The van der Waals surface area contributed by atoms with Crippen molar-refractivity contribution in [1.82, 2.24) is 9.03 Å². The molecular weight excluding hydrogens is 224 g/mol. The van der Waals surface area contributed by atoms with Crippen molar-refractivity contribution in [1.29, 1.82) is 0 Å². The molecule has 1 rings (SSSR count). The fraction of sp³-hybridized carbons (Fsp3) is 1.00. The van der Waals surface area contributed by atoms with Crippen molar-refractivity contribution in [3.8, 4) is 0 Å². The largest absolute Gasteiger partial charge is 0.279 e. The van der Waals surface area contributed by atoms with Crippen LogP contribution >= 0.6 is 0 Å². The van der Waals surface area contributed by atoms with E-state index in [9.17, 15) is 8.42 Å². The summed E-state index contributed by atoms with van der Waals surface area (Å²) in [4.78, 5) is 0. The normalized spacial score (nSPS) is 25.9. The number of hydrogen-bond acceptors (Lipinski definition) is 2. The lowest BCUT2D eigenvalue weighted by Gasteiger charge is -2.31. The first-order valence-electron chi connectivity index (χ1n) is 6.10. The zero-order valence-electron chi connectivity index (χ0n) is 10.7. The van der Waals surface area contributed by atoms with Gasteiger partial charge in [-0.1, -0.05) is 20.8 Å². The van der Waals surface area contributed by atoms with E-state index < -0.39 is 10.2 Å². The second-order valence-corrected chi connectivity index (χ2v) is 6.96. The van der Waals surface area contributed by atoms with Gasteiger partial charge < -0.3 is 0 Å². The van der Waals surface area contributed by atoms with E-state index in [0.29, 0.717) is 24.9 Å². The van der Waals surface area contributed by atoms with Crippen molar-refractivity contribution in [2.45, 2.75) is 46.6 Å². The highest BCUT2D eigenvalue weighted by molar-refractivity contribution is 7.87. The molecule has 2 atom stereocenters. The topological polar surface area (TPSA) is 49.4 Å². The Morgan fingerprint density at radius 3 is 2.44 bits per heavy atom. The average molecular weight is 248 g/mol. The molecule has 1 N–H and O–H groups in total. The summed E-state index contributed by atoms with van der Waals surface area (Å²) in [5, 5.41) is 0. The Balaban J connectivity index is 2.62. The molecule has 0 aliphatic carbocycles. The monoisotopic (exact) mass is 248 g/mol. The lowest BCUT2D eigenvalue weighted by molar-refractivity contribution is 0.275. The van der Waals surface area contributed by atoms with Gasteiger partial charge in [-0.05, 0) is 31.6 Å². The van der Waals surface area contributed by atoms with Gasteiger partial charge in [0.05, 0.1) is 0 Å². The standard InChI is InChI=1S/C11H24N2O2S/c1-9(2)11(4)12-16(14,15)13-7-5-6-10(3)8-13/h9-12H,5-8H2,1-4H3. The highest BCUT2D eigenvalue weighted by Crippen LogP contribution is 2.18. The minimum absolute atomic E-state index is 0.0118. The summed E-state index contributed by atoms with van der Waals surface area (Å²) in [5.41, 5.74) is 0. The van der Waals surface area contributed by atoms with Crippen molar-refractivity contribution >= 4 is 10.2 Å². The van der Waals surface area contributed by atoms with Gasteiger partial charge in [-0.15, -0.1) is 0 Å². The van der Waals surface area contributed by atoms with E-state index in [4.69, 9.17) is 0 Å². The van der Waals surface area contributed by atoms with Crippen LogP contribution < -0.4 is 4.72 Å². The fourth-order valence-corrected chi connectivity index (χ4v) is 3.52. The van der Waals surface area contributed by atoms with E-state index >= 15 is 0 Å². The molecule has 1 heterocycles. The lowest BCUT2D eigenvalue weighted by Crippen LogP contribution is -2.49. The van der Waals surface area contributed by atoms with Crippen LogP contribution in [-0.4, -0.2) is 31.9 Å². The number of hydrogen-bond donors (Lipinski definition) is 1. The fourth-order valence-electron chi connectivity index (χ4n) is 1.81. The van der Waals surface area contributed by atoms with Crippen LogP contribution in [0.25, 0.3) is 0 Å². The molecule has 0 amide bonds. The number of nitrogens with one attached hydrogen (secondary N) is 1. The van der Waals surface area contributed by atoms with Gasteiger partial charge in [-0.2, -0.15) is 17.4 Å². The Bertz CT molecular complexity index is 314. The molecule has 4 nitrogen and oxygen atoms in total. The van der Waals surface area contributed by atoms with Crippen molar-refractivity contribution < 1.29 is 8.42 Å². The summed E-state index contributed by atoms with van der Waals surface area (Å²) in [7, 11) is -3.28. The Hall–Kier alpha value is -0.130. The Morgan fingerprint density at radius 2 is 1.94 bits per heavy atom. The molecule has 0 aromatic carbocycles. The lowest BCUT2D eigenvalue weighted by atomic mass is 10.0. The second-order valence-electron chi connectivity index (χ2n) is 5.26. The van der Waals surface area contributed by atoms with Gasteiger partial charge in [-0.3, -0.25) is 0 Å². The summed E-state index contributed by atoms with van der Waals surface area (Å²) in [5.74, 6) is 0.789. The summed E-state index contributed by atoms with van der Waals surface area (Å²) < 4.78 is 28.4. The van der Waals surface area contributed by atoms with Gasteiger partial charge in [-0.25, -0.2) is 0 Å². The highest BCUT2D eigenvalue weighted by atomic mass is 32.2. The Kier molecular flexibility index (Phi) is 4.76. The van der Waals surface area contributed by atoms with Crippen molar-refractivity contribution in [2.75, 3.05) is 13.1 Å². The molecule has 16 heavy (non-hydrogen) atoms. The van der Waals surface area contributed by atoms with Gasteiger partial charge in [0.2, 0.25) is 0 Å². The SMILES string of the molecule is CC1CCCN(S(=O)(=O)NC(C)C(C)C)C1. The highest BCUT2D eigenvalue weighted by Gasteiger charge is 2.28. The molecule has 1 fully saturated rings. The molecule has 1 saturated heterocycles.